The number of nitrogens with zero attached hydrogens (tertiary/aromatic N) is 1. The molecule has 0 bridgehead atoms. The molecule has 0 aliphatic heterocycles. The Labute approximate surface area is 94.4 Å². The lowest BCUT2D eigenvalue weighted by molar-refractivity contribution is 0.808. The van der Waals surface area contributed by atoms with E-state index in [-0.39, 0.29) is 0 Å². The summed E-state index contributed by atoms with van der Waals surface area (Å²) in [5, 5.41) is 0. The molecule has 0 unspecified atom stereocenters. The molecular formula is C12H16BrN. The minimum absolute atomic E-state index is 0.943. The van der Waals surface area contributed by atoms with Gasteiger partial charge in [0.1, 0.15) is 0 Å². The largest absolute Gasteiger partial charge is 0.289 e. The van der Waals surface area contributed by atoms with Crippen molar-refractivity contribution in [3.8, 4) is 0 Å². The zero-order valence-corrected chi connectivity index (χ0v) is 10.3. The number of unbranched alkanes of at least 4 members (excludes halogenated alkanes) is 1. The molecule has 0 amide bonds. The number of benzene rings is 1. The van der Waals surface area contributed by atoms with Gasteiger partial charge >= 0.3 is 0 Å². The summed E-state index contributed by atoms with van der Waals surface area (Å²) in [5.74, 6) is 0. The Hall–Kier alpha value is -0.630. The maximum absolute atomic E-state index is 4.52. The highest BCUT2D eigenvalue weighted by atomic mass is 79.9. The SMILES string of the molecule is CCCCN=C(C)c1ccc(Br)cc1. The Bertz CT molecular complexity index is 301. The average Bonchev–Trinajstić information content (AvgIpc) is 2.19. The maximum Gasteiger partial charge on any atom is 0.0392 e. The normalized spacial score (nSPS) is 11.8. The van der Waals surface area contributed by atoms with Crippen molar-refractivity contribution in [3.63, 3.8) is 0 Å². The van der Waals surface area contributed by atoms with E-state index in [9.17, 15) is 0 Å². The molecule has 0 fully saturated rings. The molecule has 0 atom stereocenters. The molecule has 0 N–H and O–H groups in total. The average molecular weight is 254 g/mol. The lowest BCUT2D eigenvalue weighted by Crippen LogP contribution is -1.95. The Morgan fingerprint density at radius 1 is 1.29 bits per heavy atom. The van der Waals surface area contributed by atoms with Gasteiger partial charge in [-0.2, -0.15) is 0 Å². The highest BCUT2D eigenvalue weighted by molar-refractivity contribution is 9.10. The van der Waals surface area contributed by atoms with Crippen LogP contribution in [0.15, 0.2) is 33.7 Å². The summed E-state index contributed by atoms with van der Waals surface area (Å²) >= 11 is 3.42. The zero-order valence-electron chi connectivity index (χ0n) is 8.76. The summed E-state index contributed by atoms with van der Waals surface area (Å²) in [6.45, 7) is 5.20. The van der Waals surface area contributed by atoms with Gasteiger partial charge in [0, 0.05) is 16.7 Å². The van der Waals surface area contributed by atoms with Crippen molar-refractivity contribution >= 4 is 21.6 Å². The fourth-order valence-corrected chi connectivity index (χ4v) is 1.45. The van der Waals surface area contributed by atoms with Gasteiger partial charge in [-0.05, 0) is 31.0 Å². The third-order valence-corrected chi connectivity index (χ3v) is 2.65. The summed E-state index contributed by atoms with van der Waals surface area (Å²) in [6, 6.07) is 8.28. The van der Waals surface area contributed by atoms with Crippen LogP contribution in [0.5, 0.6) is 0 Å². The van der Waals surface area contributed by atoms with Gasteiger partial charge in [0.25, 0.3) is 0 Å². The van der Waals surface area contributed by atoms with Crippen molar-refractivity contribution in [3.05, 3.63) is 34.3 Å². The second-order valence-electron chi connectivity index (χ2n) is 3.33. The highest BCUT2D eigenvalue weighted by Gasteiger charge is 1.95. The van der Waals surface area contributed by atoms with E-state index < -0.39 is 0 Å². The number of aliphatic imine (C=N–C) groups is 1. The highest BCUT2D eigenvalue weighted by Crippen LogP contribution is 2.11. The number of hydrogen-bond acceptors (Lipinski definition) is 1. The molecule has 76 valence electrons. The van der Waals surface area contributed by atoms with Gasteiger partial charge in [-0.25, -0.2) is 0 Å². The topological polar surface area (TPSA) is 12.4 Å². The van der Waals surface area contributed by atoms with Crippen molar-refractivity contribution in [2.24, 2.45) is 4.99 Å². The summed E-state index contributed by atoms with van der Waals surface area (Å²) in [5.41, 5.74) is 2.34. The molecule has 0 spiro atoms. The van der Waals surface area contributed by atoms with Gasteiger partial charge in [-0.1, -0.05) is 41.4 Å². The fourth-order valence-electron chi connectivity index (χ4n) is 1.19. The molecule has 1 aromatic rings. The first-order chi connectivity index (χ1) is 6.74. The predicted octanol–water partition coefficient (Wildman–Crippen LogP) is 4.06. The lowest BCUT2D eigenvalue weighted by atomic mass is 10.1. The van der Waals surface area contributed by atoms with Crippen molar-refractivity contribution in [2.75, 3.05) is 6.54 Å². The van der Waals surface area contributed by atoms with Crippen LogP contribution in [0, 0.1) is 0 Å². The smallest absolute Gasteiger partial charge is 0.0392 e. The number of hydrogen-bond donors (Lipinski definition) is 0. The molecule has 14 heavy (non-hydrogen) atoms. The molecule has 0 radical (unpaired) electrons. The van der Waals surface area contributed by atoms with E-state index in [1.54, 1.807) is 0 Å². The van der Waals surface area contributed by atoms with Crippen LogP contribution in [-0.4, -0.2) is 12.3 Å². The third-order valence-electron chi connectivity index (χ3n) is 2.12. The van der Waals surface area contributed by atoms with Crippen LogP contribution in [0.4, 0.5) is 0 Å². The van der Waals surface area contributed by atoms with Crippen molar-refractivity contribution < 1.29 is 0 Å². The molecule has 1 rings (SSSR count). The summed E-state index contributed by atoms with van der Waals surface area (Å²) in [7, 11) is 0. The van der Waals surface area contributed by atoms with Crippen LogP contribution in [0.1, 0.15) is 32.3 Å². The van der Waals surface area contributed by atoms with Crippen LogP contribution < -0.4 is 0 Å². The second-order valence-corrected chi connectivity index (χ2v) is 4.24. The number of halogens is 1. The van der Waals surface area contributed by atoms with Crippen LogP contribution in [0.25, 0.3) is 0 Å². The van der Waals surface area contributed by atoms with Crippen LogP contribution in [-0.2, 0) is 0 Å². The van der Waals surface area contributed by atoms with Crippen LogP contribution in [0.3, 0.4) is 0 Å². The van der Waals surface area contributed by atoms with Crippen molar-refractivity contribution in [1.82, 2.24) is 0 Å². The van der Waals surface area contributed by atoms with Gasteiger partial charge in [0.2, 0.25) is 0 Å². The van der Waals surface area contributed by atoms with E-state index in [1.165, 1.54) is 18.4 Å². The Kier molecular flexibility index (Phi) is 4.88. The van der Waals surface area contributed by atoms with Gasteiger partial charge in [-0.15, -0.1) is 0 Å². The van der Waals surface area contributed by atoms with Crippen molar-refractivity contribution in [2.45, 2.75) is 26.7 Å². The number of rotatable bonds is 4. The van der Waals surface area contributed by atoms with E-state index in [1.807, 2.05) is 12.1 Å². The van der Waals surface area contributed by atoms with Gasteiger partial charge in [0.15, 0.2) is 0 Å². The molecule has 0 aliphatic carbocycles. The Morgan fingerprint density at radius 2 is 1.93 bits per heavy atom. The molecule has 0 aliphatic rings. The predicted molar refractivity (Wildman–Crippen MR) is 66.1 cm³/mol. The Balaban J connectivity index is 2.64. The molecule has 0 saturated heterocycles. The minimum Gasteiger partial charge on any atom is -0.289 e. The molecule has 0 aromatic heterocycles. The zero-order chi connectivity index (χ0) is 10.4. The van der Waals surface area contributed by atoms with E-state index in [0.29, 0.717) is 0 Å². The summed E-state index contributed by atoms with van der Waals surface area (Å²) in [6.07, 6.45) is 2.38. The standard InChI is InChI=1S/C12H16BrN/c1-3-4-9-14-10(2)11-5-7-12(13)8-6-11/h5-8H,3-4,9H2,1-2H3. The monoisotopic (exact) mass is 253 g/mol. The van der Waals surface area contributed by atoms with E-state index in [4.69, 9.17) is 0 Å². The Morgan fingerprint density at radius 3 is 2.50 bits per heavy atom. The van der Waals surface area contributed by atoms with Gasteiger partial charge < -0.3 is 0 Å². The first kappa shape index (κ1) is 11.4. The van der Waals surface area contributed by atoms with E-state index >= 15 is 0 Å². The quantitative estimate of drug-likeness (QED) is 0.567. The van der Waals surface area contributed by atoms with Crippen LogP contribution >= 0.6 is 15.9 Å². The van der Waals surface area contributed by atoms with Gasteiger partial charge in [-0.3, -0.25) is 4.99 Å². The van der Waals surface area contributed by atoms with Crippen LogP contribution in [0.2, 0.25) is 0 Å². The molecule has 0 saturated carbocycles. The lowest BCUT2D eigenvalue weighted by Gasteiger charge is -2.00. The van der Waals surface area contributed by atoms with Crippen molar-refractivity contribution in [1.29, 1.82) is 0 Å². The first-order valence-corrected chi connectivity index (χ1v) is 5.80. The minimum atomic E-state index is 0.943. The molecule has 2 heteroatoms. The summed E-state index contributed by atoms with van der Waals surface area (Å²) < 4.78 is 1.11. The third kappa shape index (κ3) is 3.62. The summed E-state index contributed by atoms with van der Waals surface area (Å²) in [4.78, 5) is 4.52. The molecule has 0 heterocycles. The molecule has 1 aromatic carbocycles. The first-order valence-electron chi connectivity index (χ1n) is 5.01. The van der Waals surface area contributed by atoms with Gasteiger partial charge in [0.05, 0.1) is 0 Å². The van der Waals surface area contributed by atoms with E-state index in [0.717, 1.165) is 16.7 Å². The second kappa shape index (κ2) is 5.97. The molecule has 1 nitrogen and oxygen atoms in total. The van der Waals surface area contributed by atoms with E-state index in [2.05, 4.69) is 46.9 Å². The molecular weight excluding hydrogens is 238 g/mol. The maximum atomic E-state index is 4.52. The fraction of sp³-hybridized carbons (Fsp3) is 0.417.